The zero-order chi connectivity index (χ0) is 13.5. The van der Waals surface area contributed by atoms with Gasteiger partial charge < -0.3 is 15.8 Å². The number of nitrogens with two attached hydrogens (primary N) is 1. The number of nitrogens with one attached hydrogen (secondary N) is 1. The summed E-state index contributed by atoms with van der Waals surface area (Å²) in [6, 6.07) is 7.21. The van der Waals surface area contributed by atoms with Gasteiger partial charge in [-0.15, -0.1) is 0 Å². The van der Waals surface area contributed by atoms with Crippen molar-refractivity contribution in [3.05, 3.63) is 29.8 Å². The second kappa shape index (κ2) is 7.01. The summed E-state index contributed by atoms with van der Waals surface area (Å²) in [4.78, 5) is 11.7. The standard InChI is InChI=1S/C14H22N2O2/c1-4-18-12-7-5-11(6-8-12)9-16-14(17)13(15)10(2)3/h5-8,10,13H,4,9,15H2,1-3H3,(H,16,17). The van der Waals surface area contributed by atoms with Crippen LogP contribution in [0.4, 0.5) is 0 Å². The van der Waals surface area contributed by atoms with Crippen LogP contribution in [0.1, 0.15) is 26.3 Å². The number of rotatable bonds is 6. The Morgan fingerprint density at radius 3 is 2.44 bits per heavy atom. The molecular formula is C14H22N2O2. The number of hydrogen-bond donors (Lipinski definition) is 2. The molecule has 1 unspecified atom stereocenters. The number of amides is 1. The van der Waals surface area contributed by atoms with Gasteiger partial charge in [0.1, 0.15) is 5.75 Å². The zero-order valence-corrected chi connectivity index (χ0v) is 11.3. The summed E-state index contributed by atoms with van der Waals surface area (Å²) in [5.41, 5.74) is 6.79. The number of hydrogen-bond acceptors (Lipinski definition) is 3. The zero-order valence-electron chi connectivity index (χ0n) is 11.3. The van der Waals surface area contributed by atoms with Crippen molar-refractivity contribution in [3.8, 4) is 5.75 Å². The number of carbonyl (C=O) groups excluding carboxylic acids is 1. The van der Waals surface area contributed by atoms with Crippen molar-refractivity contribution in [1.29, 1.82) is 0 Å². The smallest absolute Gasteiger partial charge is 0.237 e. The van der Waals surface area contributed by atoms with Crippen LogP contribution in [0.25, 0.3) is 0 Å². The molecule has 0 aliphatic carbocycles. The summed E-state index contributed by atoms with van der Waals surface area (Å²) in [7, 11) is 0. The van der Waals surface area contributed by atoms with Crippen LogP contribution in [-0.2, 0) is 11.3 Å². The highest BCUT2D eigenvalue weighted by molar-refractivity contribution is 5.81. The van der Waals surface area contributed by atoms with Crippen LogP contribution >= 0.6 is 0 Å². The molecule has 1 amide bonds. The summed E-state index contributed by atoms with van der Waals surface area (Å²) in [5.74, 6) is 0.871. The predicted molar refractivity (Wildman–Crippen MR) is 72.3 cm³/mol. The summed E-state index contributed by atoms with van der Waals surface area (Å²) < 4.78 is 5.35. The van der Waals surface area contributed by atoms with Gasteiger partial charge in [-0.1, -0.05) is 26.0 Å². The average Bonchev–Trinajstić information content (AvgIpc) is 2.37. The fourth-order valence-corrected chi connectivity index (χ4v) is 1.48. The minimum atomic E-state index is -0.451. The minimum absolute atomic E-state index is 0.112. The maximum absolute atomic E-state index is 11.7. The highest BCUT2D eigenvalue weighted by atomic mass is 16.5. The maximum Gasteiger partial charge on any atom is 0.237 e. The van der Waals surface area contributed by atoms with Crippen molar-refractivity contribution in [2.24, 2.45) is 11.7 Å². The Labute approximate surface area is 109 Å². The first-order chi connectivity index (χ1) is 8.54. The molecule has 4 nitrogen and oxygen atoms in total. The van der Waals surface area contributed by atoms with E-state index in [1.807, 2.05) is 45.0 Å². The third kappa shape index (κ3) is 4.37. The first-order valence-electron chi connectivity index (χ1n) is 6.29. The van der Waals surface area contributed by atoms with Gasteiger partial charge in [0.15, 0.2) is 0 Å². The van der Waals surface area contributed by atoms with Crippen molar-refractivity contribution in [1.82, 2.24) is 5.32 Å². The van der Waals surface area contributed by atoms with E-state index in [1.54, 1.807) is 0 Å². The Balaban J connectivity index is 2.46. The fourth-order valence-electron chi connectivity index (χ4n) is 1.48. The molecule has 1 aromatic rings. The minimum Gasteiger partial charge on any atom is -0.494 e. The lowest BCUT2D eigenvalue weighted by atomic mass is 10.0. The molecular weight excluding hydrogens is 228 g/mol. The molecule has 0 fully saturated rings. The van der Waals surface area contributed by atoms with Gasteiger partial charge in [-0.25, -0.2) is 0 Å². The van der Waals surface area contributed by atoms with E-state index in [9.17, 15) is 4.79 Å². The third-order valence-electron chi connectivity index (χ3n) is 2.72. The summed E-state index contributed by atoms with van der Waals surface area (Å²) in [6.07, 6.45) is 0. The lowest BCUT2D eigenvalue weighted by Gasteiger charge is -2.15. The molecule has 3 N–H and O–H groups in total. The molecule has 1 rings (SSSR count). The van der Waals surface area contributed by atoms with Crippen LogP contribution in [0.2, 0.25) is 0 Å². The van der Waals surface area contributed by atoms with Crippen molar-refractivity contribution in [2.45, 2.75) is 33.4 Å². The summed E-state index contributed by atoms with van der Waals surface area (Å²) in [5, 5.41) is 2.83. The summed E-state index contributed by atoms with van der Waals surface area (Å²) in [6.45, 7) is 6.95. The second-order valence-corrected chi connectivity index (χ2v) is 4.56. The van der Waals surface area contributed by atoms with E-state index < -0.39 is 6.04 Å². The molecule has 0 radical (unpaired) electrons. The van der Waals surface area contributed by atoms with Gasteiger partial charge in [-0.2, -0.15) is 0 Å². The largest absolute Gasteiger partial charge is 0.494 e. The van der Waals surface area contributed by atoms with Gasteiger partial charge in [-0.05, 0) is 30.5 Å². The van der Waals surface area contributed by atoms with E-state index >= 15 is 0 Å². The lowest BCUT2D eigenvalue weighted by Crippen LogP contribution is -2.43. The Kier molecular flexibility index (Phi) is 5.65. The third-order valence-corrected chi connectivity index (χ3v) is 2.72. The van der Waals surface area contributed by atoms with Crippen molar-refractivity contribution < 1.29 is 9.53 Å². The second-order valence-electron chi connectivity index (χ2n) is 4.56. The van der Waals surface area contributed by atoms with E-state index in [0.29, 0.717) is 13.2 Å². The first kappa shape index (κ1) is 14.5. The van der Waals surface area contributed by atoms with E-state index in [2.05, 4.69) is 5.32 Å². The Bertz CT molecular complexity index is 374. The quantitative estimate of drug-likeness (QED) is 0.807. The molecule has 0 saturated heterocycles. The molecule has 18 heavy (non-hydrogen) atoms. The van der Waals surface area contributed by atoms with E-state index in [1.165, 1.54) is 0 Å². The molecule has 1 aromatic carbocycles. The molecule has 0 heterocycles. The highest BCUT2D eigenvalue weighted by Gasteiger charge is 2.16. The maximum atomic E-state index is 11.7. The van der Waals surface area contributed by atoms with Crippen LogP contribution < -0.4 is 15.8 Å². The molecule has 1 atom stereocenters. The van der Waals surface area contributed by atoms with E-state index in [4.69, 9.17) is 10.5 Å². The molecule has 100 valence electrons. The molecule has 0 saturated carbocycles. The topological polar surface area (TPSA) is 64.3 Å². The highest BCUT2D eigenvalue weighted by Crippen LogP contribution is 2.11. The first-order valence-corrected chi connectivity index (χ1v) is 6.29. The van der Waals surface area contributed by atoms with Crippen LogP contribution in [0.3, 0.4) is 0 Å². The van der Waals surface area contributed by atoms with Crippen LogP contribution in [0, 0.1) is 5.92 Å². The van der Waals surface area contributed by atoms with Gasteiger partial charge >= 0.3 is 0 Å². The molecule has 0 aliphatic rings. The van der Waals surface area contributed by atoms with Crippen LogP contribution in [0.5, 0.6) is 5.75 Å². The monoisotopic (exact) mass is 250 g/mol. The molecule has 0 aliphatic heterocycles. The SMILES string of the molecule is CCOc1ccc(CNC(=O)C(N)C(C)C)cc1. The van der Waals surface area contributed by atoms with Gasteiger partial charge in [0.2, 0.25) is 5.91 Å². The van der Waals surface area contributed by atoms with Gasteiger partial charge in [0, 0.05) is 6.54 Å². The molecule has 4 heteroatoms. The van der Waals surface area contributed by atoms with Crippen LogP contribution in [-0.4, -0.2) is 18.6 Å². The van der Waals surface area contributed by atoms with Crippen molar-refractivity contribution in [3.63, 3.8) is 0 Å². The van der Waals surface area contributed by atoms with Crippen molar-refractivity contribution >= 4 is 5.91 Å². The van der Waals surface area contributed by atoms with Crippen molar-refractivity contribution in [2.75, 3.05) is 6.61 Å². The molecule has 0 spiro atoms. The number of ether oxygens (including phenoxy) is 1. The number of benzene rings is 1. The van der Waals surface area contributed by atoms with Gasteiger partial charge in [0.25, 0.3) is 0 Å². The number of carbonyl (C=O) groups is 1. The Hall–Kier alpha value is -1.55. The summed E-state index contributed by atoms with van der Waals surface area (Å²) >= 11 is 0. The van der Waals surface area contributed by atoms with Gasteiger partial charge in [-0.3, -0.25) is 4.79 Å². The Morgan fingerprint density at radius 1 is 1.33 bits per heavy atom. The molecule has 0 aromatic heterocycles. The Morgan fingerprint density at radius 2 is 1.94 bits per heavy atom. The predicted octanol–water partition coefficient (Wildman–Crippen LogP) is 1.68. The van der Waals surface area contributed by atoms with Crippen LogP contribution in [0.15, 0.2) is 24.3 Å². The van der Waals surface area contributed by atoms with E-state index in [0.717, 1.165) is 11.3 Å². The van der Waals surface area contributed by atoms with Gasteiger partial charge in [0.05, 0.1) is 12.6 Å². The van der Waals surface area contributed by atoms with E-state index in [-0.39, 0.29) is 11.8 Å². The normalized spacial score (nSPS) is 12.3. The average molecular weight is 250 g/mol. The lowest BCUT2D eigenvalue weighted by molar-refractivity contribution is -0.123. The fraction of sp³-hybridized carbons (Fsp3) is 0.500. The molecule has 0 bridgehead atoms.